The molecule has 0 radical (unpaired) electrons. The van der Waals surface area contributed by atoms with Gasteiger partial charge in [0.05, 0.1) is 0 Å². The summed E-state index contributed by atoms with van der Waals surface area (Å²) in [5.41, 5.74) is 0.665. The van der Waals surface area contributed by atoms with E-state index in [0.717, 1.165) is 0 Å². The summed E-state index contributed by atoms with van der Waals surface area (Å²) in [6.45, 7) is 0. The fourth-order valence-corrected chi connectivity index (χ4v) is 1.27. The van der Waals surface area contributed by atoms with Crippen LogP contribution in [0.15, 0.2) is 24.3 Å². The third-order valence-corrected chi connectivity index (χ3v) is 2.02. The zero-order valence-corrected chi connectivity index (χ0v) is 8.37. The standard InChI is InChI=1S/C9H12BNO5/c12-7-3-1-6(2-4-7)5-8(9(13)14)11-10(15)16/h1-4,8,11-12,15-16H,5H2,(H,13,14)/t8-/m0/s1. The Labute approximate surface area is 92.3 Å². The number of phenols is 1. The highest BCUT2D eigenvalue weighted by atomic mass is 16.4. The largest absolute Gasteiger partial charge is 0.549 e. The third kappa shape index (κ3) is 3.89. The predicted octanol–water partition coefficient (Wildman–Crippen LogP) is -1.05. The molecule has 0 spiro atoms. The number of aromatic hydroxyl groups is 1. The number of hydrogen-bond donors (Lipinski definition) is 5. The molecule has 86 valence electrons. The molecular weight excluding hydrogens is 213 g/mol. The van der Waals surface area contributed by atoms with Crippen LogP contribution < -0.4 is 5.23 Å². The molecule has 0 unspecified atom stereocenters. The van der Waals surface area contributed by atoms with Gasteiger partial charge in [0.25, 0.3) is 0 Å². The van der Waals surface area contributed by atoms with Crippen LogP contribution in [0.1, 0.15) is 5.56 Å². The van der Waals surface area contributed by atoms with Crippen molar-refractivity contribution in [3.8, 4) is 5.75 Å². The summed E-state index contributed by atoms with van der Waals surface area (Å²) in [7, 11) is -1.88. The number of benzene rings is 1. The summed E-state index contributed by atoms with van der Waals surface area (Å²) in [6, 6.07) is 4.91. The minimum absolute atomic E-state index is 0.0887. The van der Waals surface area contributed by atoms with E-state index < -0.39 is 19.3 Å². The van der Waals surface area contributed by atoms with Crippen molar-refractivity contribution in [3.05, 3.63) is 29.8 Å². The molecule has 1 atom stereocenters. The Hall–Kier alpha value is -1.57. The van der Waals surface area contributed by atoms with Gasteiger partial charge >= 0.3 is 13.2 Å². The molecule has 0 bridgehead atoms. The van der Waals surface area contributed by atoms with Crippen LogP contribution in [0.3, 0.4) is 0 Å². The Morgan fingerprint density at radius 2 is 1.88 bits per heavy atom. The van der Waals surface area contributed by atoms with Crippen molar-refractivity contribution in [2.45, 2.75) is 12.5 Å². The van der Waals surface area contributed by atoms with Gasteiger partial charge in [-0.2, -0.15) is 0 Å². The lowest BCUT2D eigenvalue weighted by molar-refractivity contribution is -0.139. The molecule has 0 heterocycles. The molecule has 0 aliphatic rings. The topological polar surface area (TPSA) is 110 Å². The second-order valence-corrected chi connectivity index (χ2v) is 3.30. The molecule has 0 aliphatic carbocycles. The maximum Gasteiger partial charge on any atom is 0.549 e. The maximum atomic E-state index is 10.8. The second kappa shape index (κ2) is 5.50. The number of carboxylic acids is 1. The minimum atomic E-state index is -1.88. The number of nitrogens with one attached hydrogen (secondary N) is 1. The van der Waals surface area contributed by atoms with Crippen molar-refractivity contribution in [1.29, 1.82) is 0 Å². The summed E-state index contributed by atoms with van der Waals surface area (Å²) in [5, 5.41) is 37.2. The van der Waals surface area contributed by atoms with Gasteiger partial charge in [-0.25, -0.2) is 0 Å². The molecule has 1 aromatic carbocycles. The summed E-state index contributed by atoms with van der Waals surface area (Å²) in [6.07, 6.45) is 0.0905. The lowest BCUT2D eigenvalue weighted by Gasteiger charge is -2.13. The fourth-order valence-electron chi connectivity index (χ4n) is 1.27. The molecule has 0 amide bonds. The van der Waals surface area contributed by atoms with Crippen molar-refractivity contribution < 1.29 is 25.1 Å². The normalized spacial score (nSPS) is 12.1. The Balaban J connectivity index is 2.68. The zero-order valence-electron chi connectivity index (χ0n) is 8.37. The number of rotatable bonds is 5. The van der Waals surface area contributed by atoms with Crippen molar-refractivity contribution in [2.75, 3.05) is 0 Å². The van der Waals surface area contributed by atoms with E-state index in [9.17, 15) is 4.79 Å². The molecule has 5 N–H and O–H groups in total. The first-order chi connectivity index (χ1) is 7.49. The van der Waals surface area contributed by atoms with Crippen LogP contribution in [0.5, 0.6) is 5.75 Å². The lowest BCUT2D eigenvalue weighted by Crippen LogP contribution is -2.47. The Bertz CT molecular complexity index is 353. The average Bonchev–Trinajstić information content (AvgIpc) is 2.19. The molecular formula is C9H12BNO5. The molecule has 0 saturated heterocycles. The van der Waals surface area contributed by atoms with E-state index in [4.69, 9.17) is 20.3 Å². The van der Waals surface area contributed by atoms with Crippen molar-refractivity contribution in [1.82, 2.24) is 5.23 Å². The number of aliphatic carboxylic acids is 1. The van der Waals surface area contributed by atoms with E-state index in [-0.39, 0.29) is 12.2 Å². The van der Waals surface area contributed by atoms with Crippen LogP contribution in [0.4, 0.5) is 0 Å². The SMILES string of the molecule is O=C(O)[C@H](Cc1ccc(O)cc1)NB(O)O. The van der Waals surface area contributed by atoms with E-state index in [1.54, 1.807) is 12.1 Å². The molecule has 0 saturated carbocycles. The molecule has 7 heteroatoms. The summed E-state index contributed by atoms with van der Waals surface area (Å²) < 4.78 is 0. The highest BCUT2D eigenvalue weighted by molar-refractivity contribution is 6.38. The van der Waals surface area contributed by atoms with Gasteiger partial charge in [-0.15, -0.1) is 0 Å². The summed E-state index contributed by atoms with van der Waals surface area (Å²) in [5.74, 6) is -1.09. The number of carboxylic acid groups (broad SMARTS) is 1. The lowest BCUT2D eigenvalue weighted by atomic mass is 10.0. The smallest absolute Gasteiger partial charge is 0.508 e. The highest BCUT2D eigenvalue weighted by Crippen LogP contribution is 2.11. The molecule has 16 heavy (non-hydrogen) atoms. The fraction of sp³-hybridized carbons (Fsp3) is 0.222. The first-order valence-electron chi connectivity index (χ1n) is 4.62. The second-order valence-electron chi connectivity index (χ2n) is 3.30. The van der Waals surface area contributed by atoms with E-state index in [1.807, 2.05) is 0 Å². The quantitative estimate of drug-likeness (QED) is 0.409. The van der Waals surface area contributed by atoms with Crippen molar-refractivity contribution in [3.63, 3.8) is 0 Å². The van der Waals surface area contributed by atoms with Crippen molar-refractivity contribution >= 4 is 13.2 Å². The van der Waals surface area contributed by atoms with Crippen LogP contribution in [0, 0.1) is 0 Å². The Morgan fingerprint density at radius 1 is 1.31 bits per heavy atom. The molecule has 6 nitrogen and oxygen atoms in total. The third-order valence-electron chi connectivity index (χ3n) is 2.02. The van der Waals surface area contributed by atoms with Crippen LogP contribution in [0.25, 0.3) is 0 Å². The molecule has 0 aliphatic heterocycles. The van der Waals surface area contributed by atoms with Crippen LogP contribution in [0.2, 0.25) is 0 Å². The van der Waals surface area contributed by atoms with Gasteiger partial charge in [-0.05, 0) is 24.1 Å². The van der Waals surface area contributed by atoms with Crippen LogP contribution in [-0.2, 0) is 11.2 Å². The van der Waals surface area contributed by atoms with Gasteiger partial charge in [0, 0.05) is 0 Å². The molecule has 0 aromatic heterocycles. The van der Waals surface area contributed by atoms with Gasteiger partial charge in [-0.3, -0.25) is 10.0 Å². The zero-order chi connectivity index (χ0) is 12.1. The number of carbonyl (C=O) groups is 1. The Kier molecular flexibility index (Phi) is 4.30. The van der Waals surface area contributed by atoms with Gasteiger partial charge in [-0.1, -0.05) is 12.1 Å². The van der Waals surface area contributed by atoms with Crippen molar-refractivity contribution in [2.24, 2.45) is 0 Å². The van der Waals surface area contributed by atoms with Crippen LogP contribution in [-0.4, -0.2) is 39.5 Å². The van der Waals surface area contributed by atoms with Gasteiger partial charge in [0.1, 0.15) is 11.8 Å². The first-order valence-corrected chi connectivity index (χ1v) is 4.62. The van der Waals surface area contributed by atoms with E-state index in [2.05, 4.69) is 5.23 Å². The maximum absolute atomic E-state index is 10.8. The van der Waals surface area contributed by atoms with Gasteiger partial charge in [0.15, 0.2) is 0 Å². The van der Waals surface area contributed by atoms with Gasteiger partial charge in [0.2, 0.25) is 0 Å². The summed E-state index contributed by atoms with van der Waals surface area (Å²) in [4.78, 5) is 10.8. The average molecular weight is 225 g/mol. The summed E-state index contributed by atoms with van der Waals surface area (Å²) >= 11 is 0. The van der Waals surface area contributed by atoms with E-state index >= 15 is 0 Å². The first kappa shape index (κ1) is 12.5. The number of hydrogen-bond acceptors (Lipinski definition) is 5. The molecule has 1 aromatic rings. The van der Waals surface area contributed by atoms with Gasteiger partial charge < -0.3 is 20.3 Å². The van der Waals surface area contributed by atoms with Crippen LogP contribution >= 0.6 is 0 Å². The monoisotopic (exact) mass is 225 g/mol. The Morgan fingerprint density at radius 3 is 2.31 bits per heavy atom. The molecule has 0 fully saturated rings. The highest BCUT2D eigenvalue weighted by Gasteiger charge is 2.22. The van der Waals surface area contributed by atoms with E-state index in [1.165, 1.54) is 12.1 Å². The minimum Gasteiger partial charge on any atom is -0.508 e. The van der Waals surface area contributed by atoms with E-state index in [0.29, 0.717) is 5.56 Å². The predicted molar refractivity (Wildman–Crippen MR) is 56.6 cm³/mol. The number of phenolic OH excluding ortho intramolecular Hbond substituents is 1. The molecule has 1 rings (SSSR count).